The van der Waals surface area contributed by atoms with Crippen molar-refractivity contribution in [1.29, 1.82) is 0 Å². The van der Waals surface area contributed by atoms with Crippen molar-refractivity contribution in [3.63, 3.8) is 0 Å². The Balaban J connectivity index is 1.72. The molecule has 0 aliphatic heterocycles. The van der Waals surface area contributed by atoms with E-state index in [0.29, 0.717) is 6.54 Å². The highest BCUT2D eigenvalue weighted by atomic mass is 16.3. The van der Waals surface area contributed by atoms with Gasteiger partial charge in [0.2, 0.25) is 0 Å². The van der Waals surface area contributed by atoms with Crippen molar-refractivity contribution in [2.75, 3.05) is 6.54 Å². The summed E-state index contributed by atoms with van der Waals surface area (Å²) in [5, 5.41) is 19.2. The topological polar surface area (TPSA) is 50.1 Å². The van der Waals surface area contributed by atoms with Crippen molar-refractivity contribution in [2.45, 2.75) is 57.6 Å². The number of hydrogen-bond donors (Lipinski definition) is 2. The molecular formula is C20H29N3O. The minimum absolute atomic E-state index is 0.0204. The summed E-state index contributed by atoms with van der Waals surface area (Å²) < 4.78 is 1.88. The SMILES string of the molecule is Cn1cc(CNCC2(O)CCCc3ccccc32)c(C(C)(C)C)n1. The molecule has 130 valence electrons. The zero-order valence-corrected chi connectivity index (χ0v) is 15.3. The third-order valence-corrected chi connectivity index (χ3v) is 4.90. The molecular weight excluding hydrogens is 298 g/mol. The Labute approximate surface area is 144 Å². The fourth-order valence-electron chi connectivity index (χ4n) is 3.78. The van der Waals surface area contributed by atoms with Crippen molar-refractivity contribution in [1.82, 2.24) is 15.1 Å². The van der Waals surface area contributed by atoms with Gasteiger partial charge in [0.15, 0.2) is 0 Å². The van der Waals surface area contributed by atoms with Gasteiger partial charge in [0.1, 0.15) is 5.60 Å². The summed E-state index contributed by atoms with van der Waals surface area (Å²) in [7, 11) is 1.96. The number of aryl methyl sites for hydroxylation is 2. The predicted octanol–water partition coefficient (Wildman–Crippen LogP) is 3.03. The van der Waals surface area contributed by atoms with Crippen LogP contribution in [0.15, 0.2) is 30.5 Å². The van der Waals surface area contributed by atoms with Crippen LogP contribution in [-0.4, -0.2) is 21.4 Å². The van der Waals surface area contributed by atoms with Gasteiger partial charge in [0, 0.05) is 37.3 Å². The second-order valence-corrected chi connectivity index (χ2v) is 8.07. The Morgan fingerprint density at radius 3 is 2.79 bits per heavy atom. The number of aromatic nitrogens is 2. The highest BCUT2D eigenvalue weighted by Crippen LogP contribution is 2.34. The van der Waals surface area contributed by atoms with Gasteiger partial charge in [-0.1, -0.05) is 45.0 Å². The van der Waals surface area contributed by atoms with E-state index in [-0.39, 0.29) is 5.41 Å². The maximum Gasteiger partial charge on any atom is 0.102 e. The number of fused-ring (bicyclic) bond motifs is 1. The molecule has 1 heterocycles. The lowest BCUT2D eigenvalue weighted by atomic mass is 9.79. The van der Waals surface area contributed by atoms with Crippen molar-refractivity contribution >= 4 is 0 Å². The molecule has 0 bridgehead atoms. The molecule has 0 radical (unpaired) electrons. The summed E-state index contributed by atoms with van der Waals surface area (Å²) >= 11 is 0. The smallest absolute Gasteiger partial charge is 0.102 e. The molecule has 1 atom stereocenters. The summed E-state index contributed by atoms with van der Waals surface area (Å²) in [6, 6.07) is 8.29. The monoisotopic (exact) mass is 327 g/mol. The maximum absolute atomic E-state index is 11.2. The standard InChI is InChI=1S/C20H29N3O/c1-19(2,3)18-16(13-23(4)22-18)12-21-14-20(24)11-7-9-15-8-5-6-10-17(15)20/h5-6,8,10,13,21,24H,7,9,11-12,14H2,1-4H3. The minimum Gasteiger partial charge on any atom is -0.384 e. The van der Waals surface area contributed by atoms with Crippen LogP contribution < -0.4 is 5.32 Å². The number of aliphatic hydroxyl groups is 1. The average Bonchev–Trinajstić information content (AvgIpc) is 2.89. The van der Waals surface area contributed by atoms with Crippen LogP contribution in [0.25, 0.3) is 0 Å². The summed E-state index contributed by atoms with van der Waals surface area (Å²) in [5.41, 5.74) is 3.95. The molecule has 0 amide bonds. The van der Waals surface area contributed by atoms with Gasteiger partial charge in [-0.05, 0) is 30.4 Å². The summed E-state index contributed by atoms with van der Waals surface area (Å²) in [4.78, 5) is 0. The summed E-state index contributed by atoms with van der Waals surface area (Å²) in [6.07, 6.45) is 4.99. The zero-order chi connectivity index (χ0) is 17.4. The summed E-state index contributed by atoms with van der Waals surface area (Å²) in [6.45, 7) is 7.85. The number of rotatable bonds is 4. The Hall–Kier alpha value is -1.65. The molecule has 4 heteroatoms. The molecule has 1 aromatic carbocycles. The first-order chi connectivity index (χ1) is 11.3. The molecule has 3 rings (SSSR count). The Morgan fingerprint density at radius 1 is 1.29 bits per heavy atom. The number of nitrogens with zero attached hydrogens (tertiary/aromatic N) is 2. The van der Waals surface area contributed by atoms with Crippen LogP contribution in [-0.2, 0) is 31.0 Å². The Morgan fingerprint density at radius 2 is 2.04 bits per heavy atom. The average molecular weight is 327 g/mol. The van der Waals surface area contributed by atoms with E-state index in [0.717, 1.165) is 37.1 Å². The lowest BCUT2D eigenvalue weighted by Gasteiger charge is -2.35. The van der Waals surface area contributed by atoms with Crippen LogP contribution in [0, 0.1) is 0 Å². The van der Waals surface area contributed by atoms with Gasteiger partial charge in [-0.25, -0.2) is 0 Å². The van der Waals surface area contributed by atoms with Gasteiger partial charge in [-0.15, -0.1) is 0 Å². The largest absolute Gasteiger partial charge is 0.384 e. The zero-order valence-electron chi connectivity index (χ0n) is 15.3. The van der Waals surface area contributed by atoms with Crippen LogP contribution in [0.5, 0.6) is 0 Å². The van der Waals surface area contributed by atoms with E-state index in [1.165, 1.54) is 11.1 Å². The molecule has 1 aromatic heterocycles. The lowest BCUT2D eigenvalue weighted by Crippen LogP contribution is -2.40. The van der Waals surface area contributed by atoms with Gasteiger partial charge in [0.05, 0.1) is 5.69 Å². The molecule has 2 aromatic rings. The highest BCUT2D eigenvalue weighted by Gasteiger charge is 2.33. The maximum atomic E-state index is 11.2. The minimum atomic E-state index is -0.765. The first-order valence-corrected chi connectivity index (χ1v) is 8.84. The lowest BCUT2D eigenvalue weighted by molar-refractivity contribution is 0.0189. The molecule has 0 spiro atoms. The molecule has 1 unspecified atom stereocenters. The molecule has 1 aliphatic rings. The van der Waals surface area contributed by atoms with E-state index >= 15 is 0 Å². The van der Waals surface area contributed by atoms with Gasteiger partial charge in [-0.2, -0.15) is 5.10 Å². The predicted molar refractivity (Wildman–Crippen MR) is 96.9 cm³/mol. The van der Waals surface area contributed by atoms with Gasteiger partial charge >= 0.3 is 0 Å². The first-order valence-electron chi connectivity index (χ1n) is 8.84. The fourth-order valence-corrected chi connectivity index (χ4v) is 3.78. The van der Waals surface area contributed by atoms with Gasteiger partial charge in [0.25, 0.3) is 0 Å². The molecule has 2 N–H and O–H groups in total. The van der Waals surface area contributed by atoms with Crippen LogP contribution in [0.3, 0.4) is 0 Å². The second kappa shape index (κ2) is 6.34. The molecule has 0 saturated carbocycles. The van der Waals surface area contributed by atoms with Crippen molar-refractivity contribution in [2.24, 2.45) is 7.05 Å². The van der Waals surface area contributed by atoms with Crippen LogP contribution in [0.2, 0.25) is 0 Å². The van der Waals surface area contributed by atoms with E-state index in [2.05, 4.69) is 55.6 Å². The quantitative estimate of drug-likeness (QED) is 0.907. The normalized spacial score (nSPS) is 20.9. The molecule has 0 fully saturated rings. The van der Waals surface area contributed by atoms with Crippen molar-refractivity contribution in [3.8, 4) is 0 Å². The van der Waals surface area contributed by atoms with E-state index in [4.69, 9.17) is 0 Å². The number of nitrogens with one attached hydrogen (secondary N) is 1. The van der Waals surface area contributed by atoms with Crippen LogP contribution in [0.4, 0.5) is 0 Å². The number of hydrogen-bond acceptors (Lipinski definition) is 3. The fraction of sp³-hybridized carbons (Fsp3) is 0.550. The van der Waals surface area contributed by atoms with Crippen molar-refractivity contribution < 1.29 is 5.11 Å². The Bertz CT molecular complexity index is 714. The van der Waals surface area contributed by atoms with Gasteiger partial charge in [-0.3, -0.25) is 4.68 Å². The van der Waals surface area contributed by atoms with Crippen molar-refractivity contribution in [3.05, 3.63) is 52.8 Å². The first kappa shape index (κ1) is 17.2. The van der Waals surface area contributed by atoms with E-state index < -0.39 is 5.60 Å². The van der Waals surface area contributed by atoms with E-state index in [9.17, 15) is 5.11 Å². The molecule has 24 heavy (non-hydrogen) atoms. The van der Waals surface area contributed by atoms with E-state index in [1.807, 2.05) is 17.8 Å². The molecule has 1 aliphatic carbocycles. The highest BCUT2D eigenvalue weighted by molar-refractivity contribution is 5.35. The van der Waals surface area contributed by atoms with Crippen LogP contribution >= 0.6 is 0 Å². The van der Waals surface area contributed by atoms with E-state index in [1.54, 1.807) is 0 Å². The summed E-state index contributed by atoms with van der Waals surface area (Å²) in [5.74, 6) is 0. The third kappa shape index (κ3) is 3.40. The molecule has 4 nitrogen and oxygen atoms in total. The third-order valence-electron chi connectivity index (χ3n) is 4.90. The van der Waals surface area contributed by atoms with Crippen LogP contribution in [0.1, 0.15) is 56.0 Å². The number of benzene rings is 1. The Kier molecular flexibility index (Phi) is 4.54. The van der Waals surface area contributed by atoms with Gasteiger partial charge < -0.3 is 10.4 Å². The molecule has 0 saturated heterocycles. The second-order valence-electron chi connectivity index (χ2n) is 8.07.